The van der Waals surface area contributed by atoms with Crippen LogP contribution in [-0.4, -0.2) is 76.9 Å². The van der Waals surface area contributed by atoms with E-state index in [1.807, 2.05) is 30.9 Å². The third-order valence-electron chi connectivity index (χ3n) is 7.14. The predicted molar refractivity (Wildman–Crippen MR) is 165 cm³/mol. The van der Waals surface area contributed by atoms with Crippen LogP contribution in [0.1, 0.15) is 30.7 Å². The van der Waals surface area contributed by atoms with Crippen molar-refractivity contribution in [3.63, 3.8) is 0 Å². The highest BCUT2D eigenvalue weighted by Gasteiger charge is 2.17. The van der Waals surface area contributed by atoms with Gasteiger partial charge in [-0.1, -0.05) is 0 Å². The molecule has 1 aliphatic heterocycles. The zero-order valence-electron chi connectivity index (χ0n) is 24.0. The van der Waals surface area contributed by atoms with E-state index in [9.17, 15) is 13.2 Å². The van der Waals surface area contributed by atoms with E-state index in [1.165, 1.54) is 4.57 Å². The average Bonchev–Trinajstić information content (AvgIpc) is 3.33. The molecule has 1 saturated heterocycles. The van der Waals surface area contributed by atoms with Crippen molar-refractivity contribution in [2.75, 3.05) is 49.5 Å². The highest BCUT2D eigenvalue weighted by atomic mass is 32.2. The summed E-state index contributed by atoms with van der Waals surface area (Å²) in [7, 11) is -0.953. The molecule has 1 aliphatic rings. The van der Waals surface area contributed by atoms with Crippen LogP contribution in [0.4, 0.5) is 17.3 Å². The van der Waals surface area contributed by atoms with Gasteiger partial charge in [-0.2, -0.15) is 10.1 Å². The van der Waals surface area contributed by atoms with Crippen molar-refractivity contribution in [2.45, 2.75) is 26.1 Å². The lowest BCUT2D eigenvalue weighted by atomic mass is 10.2. The summed E-state index contributed by atoms with van der Waals surface area (Å²) in [4.78, 5) is 27.2. The fraction of sp³-hybridized carbons (Fsp3) is 0.379. The Morgan fingerprint density at radius 1 is 1.12 bits per heavy atom. The molecule has 0 amide bonds. The molecule has 1 aromatic carbocycles. The van der Waals surface area contributed by atoms with Gasteiger partial charge in [0.15, 0.2) is 0 Å². The van der Waals surface area contributed by atoms with Crippen LogP contribution in [0.2, 0.25) is 0 Å². The predicted octanol–water partition coefficient (Wildman–Crippen LogP) is 1.49. The van der Waals surface area contributed by atoms with Crippen LogP contribution < -0.4 is 21.1 Å². The maximum atomic E-state index is 13.8. The molecule has 42 heavy (non-hydrogen) atoms. The SMILES string of the molecule is CCN(C#Cc1cc2cnc(Nc3ccc(N4CCNCC4)cc3)nc2n(Cc2nn(C)cc2C[SH](=O)=O)c1=O)CC. The number of anilines is 3. The first-order chi connectivity index (χ1) is 20.3. The highest BCUT2D eigenvalue weighted by molar-refractivity contribution is 7.71. The lowest BCUT2D eigenvalue weighted by Gasteiger charge is -2.29. The quantitative estimate of drug-likeness (QED) is 0.150. The first-order valence-corrected chi connectivity index (χ1v) is 15.3. The van der Waals surface area contributed by atoms with Gasteiger partial charge in [-0.25, -0.2) is 13.4 Å². The number of aromatic nitrogens is 5. The molecule has 0 atom stereocenters. The van der Waals surface area contributed by atoms with Crippen LogP contribution >= 0.6 is 0 Å². The van der Waals surface area contributed by atoms with E-state index in [-0.39, 0.29) is 17.9 Å². The monoisotopic (exact) mass is 589 g/mol. The van der Waals surface area contributed by atoms with Crippen LogP contribution in [0.5, 0.6) is 0 Å². The van der Waals surface area contributed by atoms with Gasteiger partial charge >= 0.3 is 0 Å². The number of thiol groups is 1. The molecule has 0 saturated carbocycles. The van der Waals surface area contributed by atoms with Gasteiger partial charge in [0.25, 0.3) is 5.56 Å². The van der Waals surface area contributed by atoms with Crippen molar-refractivity contribution in [3.8, 4) is 12.0 Å². The minimum absolute atomic E-state index is 0.0330. The van der Waals surface area contributed by atoms with Crippen molar-refractivity contribution < 1.29 is 8.42 Å². The summed E-state index contributed by atoms with van der Waals surface area (Å²) in [5.41, 5.74) is 3.34. The molecule has 5 rings (SSSR count). The number of hydrogen-bond donors (Lipinski definition) is 3. The minimum atomic E-state index is -2.67. The zero-order valence-corrected chi connectivity index (χ0v) is 24.9. The Morgan fingerprint density at radius 3 is 2.55 bits per heavy atom. The number of piperazine rings is 1. The van der Waals surface area contributed by atoms with Crippen LogP contribution in [0.25, 0.3) is 11.0 Å². The Bertz CT molecular complexity index is 1750. The number of aryl methyl sites for hydroxylation is 1. The van der Waals surface area contributed by atoms with Gasteiger partial charge in [0.05, 0.1) is 23.6 Å². The number of benzene rings is 1. The molecular weight excluding hydrogens is 554 g/mol. The molecule has 220 valence electrons. The molecule has 13 heteroatoms. The zero-order chi connectivity index (χ0) is 29.6. The summed E-state index contributed by atoms with van der Waals surface area (Å²) in [6, 6.07) is 12.8. The lowest BCUT2D eigenvalue weighted by molar-refractivity contribution is 0.444. The van der Waals surface area contributed by atoms with Crippen molar-refractivity contribution in [1.82, 2.24) is 34.5 Å². The first-order valence-electron chi connectivity index (χ1n) is 14.0. The Morgan fingerprint density at radius 2 is 1.86 bits per heavy atom. The van der Waals surface area contributed by atoms with Gasteiger partial charge in [0.1, 0.15) is 16.4 Å². The van der Waals surface area contributed by atoms with Gasteiger partial charge in [-0.05, 0) is 50.1 Å². The van der Waals surface area contributed by atoms with Gasteiger partial charge in [0.2, 0.25) is 5.95 Å². The van der Waals surface area contributed by atoms with E-state index in [1.54, 1.807) is 30.2 Å². The molecule has 12 nitrogen and oxygen atoms in total. The second-order valence-corrected chi connectivity index (χ2v) is 11.0. The van der Waals surface area contributed by atoms with Gasteiger partial charge in [0, 0.05) is 87.1 Å². The van der Waals surface area contributed by atoms with Crippen molar-refractivity contribution in [1.29, 1.82) is 0 Å². The first kappa shape index (κ1) is 29.1. The molecular formula is C29H35N9O3S. The molecule has 0 unspecified atom stereocenters. The highest BCUT2D eigenvalue weighted by Crippen LogP contribution is 2.22. The summed E-state index contributed by atoms with van der Waals surface area (Å²) in [6.45, 7) is 9.34. The number of nitrogens with zero attached hydrogens (tertiary/aromatic N) is 7. The number of pyridine rings is 1. The van der Waals surface area contributed by atoms with Crippen LogP contribution in [0.3, 0.4) is 0 Å². The summed E-state index contributed by atoms with van der Waals surface area (Å²) in [6.07, 6.45) is 3.32. The maximum Gasteiger partial charge on any atom is 0.268 e. The molecule has 4 aromatic rings. The fourth-order valence-electron chi connectivity index (χ4n) is 4.92. The Hall–Kier alpha value is -4.41. The largest absolute Gasteiger partial charge is 0.369 e. The number of nitrogens with one attached hydrogen (secondary N) is 2. The lowest BCUT2D eigenvalue weighted by Crippen LogP contribution is -2.43. The van der Waals surface area contributed by atoms with Crippen molar-refractivity contribution in [3.05, 3.63) is 69.9 Å². The number of hydrogen-bond acceptors (Lipinski definition) is 10. The summed E-state index contributed by atoms with van der Waals surface area (Å²) in [5, 5.41) is 11.7. The van der Waals surface area contributed by atoms with Crippen LogP contribution in [0.15, 0.2) is 47.5 Å². The topological polar surface area (TPSA) is 130 Å². The van der Waals surface area contributed by atoms with Crippen molar-refractivity contribution >= 4 is 39.1 Å². The molecule has 1 fully saturated rings. The molecule has 3 aromatic heterocycles. The molecule has 0 bridgehead atoms. The minimum Gasteiger partial charge on any atom is -0.369 e. The van der Waals surface area contributed by atoms with E-state index in [2.05, 4.69) is 49.7 Å². The summed E-state index contributed by atoms with van der Waals surface area (Å²) in [5.74, 6) is 3.17. The molecule has 4 heterocycles. The summed E-state index contributed by atoms with van der Waals surface area (Å²) >= 11 is 0. The van der Waals surface area contributed by atoms with E-state index in [4.69, 9.17) is 4.98 Å². The van der Waals surface area contributed by atoms with E-state index in [0.717, 1.165) is 50.6 Å². The Kier molecular flexibility index (Phi) is 9.04. The molecule has 0 spiro atoms. The van der Waals surface area contributed by atoms with Crippen LogP contribution in [-0.2, 0) is 30.0 Å². The third-order valence-corrected chi connectivity index (χ3v) is 7.74. The van der Waals surface area contributed by atoms with E-state index in [0.29, 0.717) is 33.8 Å². The van der Waals surface area contributed by atoms with Crippen molar-refractivity contribution in [2.24, 2.45) is 7.05 Å². The normalized spacial score (nSPS) is 13.3. The molecule has 2 N–H and O–H groups in total. The average molecular weight is 590 g/mol. The fourth-order valence-corrected chi connectivity index (χ4v) is 5.46. The molecule has 0 radical (unpaired) electrons. The third kappa shape index (κ3) is 6.72. The number of rotatable bonds is 9. The second-order valence-electron chi connectivity index (χ2n) is 10.0. The second kappa shape index (κ2) is 13.1. The standard InChI is InChI=1S/C29H35N9O3S/c1-4-36(5-2)13-10-21-16-22-17-31-29(32-24-6-8-25(9-7-24)37-14-11-30-12-15-37)33-27(22)38(28(21)39)19-26-23(20-42(40)41)18-35(3)34-26/h6-9,16-18,30,42H,4-5,11-12,14-15,19-20H2,1-3H3,(H,31,32,33). The molecule has 0 aliphatic carbocycles. The van der Waals surface area contributed by atoms with Gasteiger partial charge in [-0.3, -0.25) is 14.0 Å². The Labute approximate surface area is 246 Å². The number of fused-ring (bicyclic) bond motifs is 1. The maximum absolute atomic E-state index is 13.8. The van der Waals surface area contributed by atoms with Gasteiger partial charge in [-0.15, -0.1) is 0 Å². The van der Waals surface area contributed by atoms with E-state index < -0.39 is 10.7 Å². The Balaban J connectivity index is 1.53. The van der Waals surface area contributed by atoms with Gasteiger partial charge < -0.3 is 20.4 Å². The van der Waals surface area contributed by atoms with Crippen LogP contribution in [0, 0.1) is 12.0 Å². The summed E-state index contributed by atoms with van der Waals surface area (Å²) < 4.78 is 26.1. The van der Waals surface area contributed by atoms with E-state index >= 15 is 0 Å². The smallest absolute Gasteiger partial charge is 0.268 e.